The molecule has 0 unspecified atom stereocenters. The van der Waals surface area contributed by atoms with Gasteiger partial charge in [-0.2, -0.15) is 0 Å². The first-order valence-corrected chi connectivity index (χ1v) is 2.92. The van der Waals surface area contributed by atoms with E-state index in [1.54, 1.807) is 7.05 Å². The molecule has 0 bridgehead atoms. The molecule has 0 heterocycles. The molecule has 48 valence electrons. The molecule has 0 aliphatic heterocycles. The average molecular weight is 133 g/mol. The van der Waals surface area contributed by atoms with Gasteiger partial charge in [-0.15, -0.1) is 0 Å². The van der Waals surface area contributed by atoms with E-state index < -0.39 is 0 Å². The smallest absolute Gasteiger partial charge is 0.180 e. The fraction of sp³-hybridized carbons (Fsp3) is 0.750. The van der Waals surface area contributed by atoms with Crippen LogP contribution in [0.1, 0.15) is 6.92 Å². The van der Waals surface area contributed by atoms with Crippen molar-refractivity contribution < 1.29 is 0 Å². The molecule has 0 saturated carbocycles. The molecule has 0 aliphatic rings. The number of nitrogens with one attached hydrogen (secondary N) is 3. The summed E-state index contributed by atoms with van der Waals surface area (Å²) in [7, 11) is 1.77. The van der Waals surface area contributed by atoms with Gasteiger partial charge in [0.2, 0.25) is 0 Å². The highest BCUT2D eigenvalue weighted by Crippen LogP contribution is 1.58. The number of hydrogen-bond acceptors (Lipinski definition) is 2. The molecule has 0 fully saturated rings. The van der Waals surface area contributed by atoms with Gasteiger partial charge < -0.3 is 5.32 Å². The van der Waals surface area contributed by atoms with Crippen LogP contribution in [0.4, 0.5) is 0 Å². The van der Waals surface area contributed by atoms with Crippen LogP contribution in [0, 0.1) is 0 Å². The number of hydrogen-bond donors (Lipinski definition) is 3. The molecule has 3 N–H and O–H groups in total. The topological polar surface area (TPSA) is 36.1 Å². The summed E-state index contributed by atoms with van der Waals surface area (Å²) in [4.78, 5) is 0. The zero-order valence-corrected chi connectivity index (χ0v) is 5.93. The van der Waals surface area contributed by atoms with Crippen molar-refractivity contribution in [1.82, 2.24) is 16.2 Å². The standard InChI is InChI=1S/C4H11N3S/c1-3-6-4(8)7-5-2/h5H,3H2,1-2H3,(H2,6,7,8). The summed E-state index contributed by atoms with van der Waals surface area (Å²) in [6.07, 6.45) is 0. The second kappa shape index (κ2) is 4.80. The van der Waals surface area contributed by atoms with Crippen LogP contribution in [0.25, 0.3) is 0 Å². The zero-order valence-electron chi connectivity index (χ0n) is 5.12. The van der Waals surface area contributed by atoms with Crippen molar-refractivity contribution in [2.45, 2.75) is 6.92 Å². The summed E-state index contributed by atoms with van der Waals surface area (Å²) in [5.41, 5.74) is 5.42. The Bertz CT molecular complexity index is 65.7. The first-order valence-electron chi connectivity index (χ1n) is 2.51. The quantitative estimate of drug-likeness (QED) is 0.354. The van der Waals surface area contributed by atoms with E-state index in [0.29, 0.717) is 5.11 Å². The lowest BCUT2D eigenvalue weighted by Crippen LogP contribution is -2.41. The monoisotopic (exact) mass is 133 g/mol. The fourth-order valence-electron chi connectivity index (χ4n) is 0.318. The molecule has 0 radical (unpaired) electrons. The van der Waals surface area contributed by atoms with E-state index in [4.69, 9.17) is 12.2 Å². The third-order valence-corrected chi connectivity index (χ3v) is 0.822. The van der Waals surface area contributed by atoms with Gasteiger partial charge in [0.25, 0.3) is 0 Å². The lowest BCUT2D eigenvalue weighted by molar-refractivity contribution is 0.745. The summed E-state index contributed by atoms with van der Waals surface area (Å²) < 4.78 is 0. The second-order valence-electron chi connectivity index (χ2n) is 1.23. The fourth-order valence-corrected chi connectivity index (χ4v) is 0.565. The van der Waals surface area contributed by atoms with Crippen molar-refractivity contribution in [3.63, 3.8) is 0 Å². The van der Waals surface area contributed by atoms with Gasteiger partial charge in [0.05, 0.1) is 0 Å². The molecule has 8 heavy (non-hydrogen) atoms. The van der Waals surface area contributed by atoms with Gasteiger partial charge in [-0.3, -0.25) is 5.43 Å². The Kier molecular flexibility index (Phi) is 4.59. The molecule has 0 aromatic heterocycles. The Labute approximate surface area is 54.8 Å². The molecule has 0 amide bonds. The molecule has 0 aliphatic carbocycles. The minimum absolute atomic E-state index is 0.634. The molecular weight excluding hydrogens is 122 g/mol. The SMILES string of the molecule is CCNC(=S)NNC. The minimum atomic E-state index is 0.634. The summed E-state index contributed by atoms with van der Waals surface area (Å²) in [6.45, 7) is 2.84. The molecule has 0 spiro atoms. The van der Waals surface area contributed by atoms with Gasteiger partial charge in [0, 0.05) is 13.6 Å². The summed E-state index contributed by atoms with van der Waals surface area (Å²) in [5, 5.41) is 3.54. The lowest BCUT2D eigenvalue weighted by atomic mass is 10.7. The van der Waals surface area contributed by atoms with Crippen molar-refractivity contribution in [2.24, 2.45) is 0 Å². The Balaban J connectivity index is 3.06. The van der Waals surface area contributed by atoms with Crippen LogP contribution >= 0.6 is 12.2 Å². The van der Waals surface area contributed by atoms with Gasteiger partial charge in [0.1, 0.15) is 0 Å². The third kappa shape index (κ3) is 3.83. The van der Waals surface area contributed by atoms with E-state index in [2.05, 4.69) is 16.2 Å². The second-order valence-corrected chi connectivity index (χ2v) is 1.64. The number of thiocarbonyl (C=S) groups is 1. The van der Waals surface area contributed by atoms with Gasteiger partial charge in [-0.05, 0) is 19.1 Å². The predicted molar refractivity (Wildman–Crippen MR) is 38.5 cm³/mol. The van der Waals surface area contributed by atoms with Crippen LogP contribution in [0.15, 0.2) is 0 Å². The van der Waals surface area contributed by atoms with Gasteiger partial charge >= 0.3 is 0 Å². The van der Waals surface area contributed by atoms with E-state index in [-0.39, 0.29) is 0 Å². The van der Waals surface area contributed by atoms with Crippen molar-refractivity contribution in [2.75, 3.05) is 13.6 Å². The summed E-state index contributed by atoms with van der Waals surface area (Å²) in [5.74, 6) is 0. The maximum absolute atomic E-state index is 4.77. The van der Waals surface area contributed by atoms with E-state index in [9.17, 15) is 0 Å². The number of hydrazine groups is 1. The van der Waals surface area contributed by atoms with Gasteiger partial charge in [-0.25, -0.2) is 5.43 Å². The van der Waals surface area contributed by atoms with Crippen LogP contribution < -0.4 is 16.2 Å². The number of rotatable bonds is 2. The van der Waals surface area contributed by atoms with Crippen molar-refractivity contribution in [1.29, 1.82) is 0 Å². The molecule has 4 heteroatoms. The molecule has 3 nitrogen and oxygen atoms in total. The first-order chi connectivity index (χ1) is 3.81. The Morgan fingerprint density at radius 3 is 2.62 bits per heavy atom. The predicted octanol–water partition coefficient (Wildman–Crippen LogP) is -0.395. The molecule has 0 saturated heterocycles. The third-order valence-electron chi connectivity index (χ3n) is 0.576. The van der Waals surface area contributed by atoms with Crippen LogP contribution in [-0.2, 0) is 0 Å². The van der Waals surface area contributed by atoms with E-state index in [1.807, 2.05) is 6.92 Å². The van der Waals surface area contributed by atoms with Gasteiger partial charge in [0.15, 0.2) is 5.11 Å². The zero-order chi connectivity index (χ0) is 6.41. The maximum Gasteiger partial charge on any atom is 0.180 e. The Morgan fingerprint density at radius 2 is 2.25 bits per heavy atom. The highest BCUT2D eigenvalue weighted by atomic mass is 32.1. The first kappa shape index (κ1) is 7.65. The lowest BCUT2D eigenvalue weighted by Gasteiger charge is -2.04. The highest BCUT2D eigenvalue weighted by Gasteiger charge is 1.84. The molecule has 0 rings (SSSR count). The van der Waals surface area contributed by atoms with Crippen molar-refractivity contribution >= 4 is 17.3 Å². The van der Waals surface area contributed by atoms with Crippen LogP contribution in [0.5, 0.6) is 0 Å². The molecule has 0 aromatic carbocycles. The average Bonchev–Trinajstić information content (AvgIpc) is 1.68. The summed E-state index contributed by atoms with van der Waals surface area (Å²) in [6, 6.07) is 0. The van der Waals surface area contributed by atoms with E-state index in [1.165, 1.54) is 0 Å². The van der Waals surface area contributed by atoms with E-state index in [0.717, 1.165) is 6.54 Å². The highest BCUT2D eigenvalue weighted by molar-refractivity contribution is 7.80. The van der Waals surface area contributed by atoms with Crippen LogP contribution in [0.2, 0.25) is 0 Å². The maximum atomic E-state index is 4.77. The van der Waals surface area contributed by atoms with Crippen molar-refractivity contribution in [3.8, 4) is 0 Å². The van der Waals surface area contributed by atoms with E-state index >= 15 is 0 Å². The minimum Gasteiger partial charge on any atom is -0.362 e. The molecular formula is C4H11N3S. The summed E-state index contributed by atoms with van der Waals surface area (Å²) >= 11 is 4.77. The van der Waals surface area contributed by atoms with Gasteiger partial charge in [-0.1, -0.05) is 0 Å². The Morgan fingerprint density at radius 1 is 1.62 bits per heavy atom. The normalized spacial score (nSPS) is 8.25. The molecule has 0 aromatic rings. The largest absolute Gasteiger partial charge is 0.362 e. The Hall–Kier alpha value is -0.350. The van der Waals surface area contributed by atoms with Crippen LogP contribution in [0.3, 0.4) is 0 Å². The molecule has 0 atom stereocenters. The van der Waals surface area contributed by atoms with Crippen molar-refractivity contribution in [3.05, 3.63) is 0 Å². The van der Waals surface area contributed by atoms with Crippen LogP contribution in [-0.4, -0.2) is 18.7 Å².